The van der Waals surface area contributed by atoms with Crippen LogP contribution in [-0.2, 0) is 32.0 Å². The molecule has 2 aliphatic rings. The van der Waals surface area contributed by atoms with Crippen molar-refractivity contribution in [3.8, 4) is 23.3 Å². The van der Waals surface area contributed by atoms with Gasteiger partial charge in [0.25, 0.3) is 5.91 Å². The van der Waals surface area contributed by atoms with E-state index in [0.29, 0.717) is 29.0 Å². The van der Waals surface area contributed by atoms with Crippen LogP contribution in [0.4, 0.5) is 0 Å². The number of fused-ring (bicyclic) bond motifs is 3. The average Bonchev–Trinajstić information content (AvgIpc) is 4.06. The quantitative estimate of drug-likeness (QED) is 0.0195. The summed E-state index contributed by atoms with van der Waals surface area (Å²) in [4.78, 5) is 70.1. The molecule has 16 heteroatoms. The third-order valence-electron chi connectivity index (χ3n) is 13.3. The lowest BCUT2D eigenvalue weighted by molar-refractivity contribution is -0.130. The van der Waals surface area contributed by atoms with E-state index in [4.69, 9.17) is 20.0 Å². The van der Waals surface area contributed by atoms with Crippen LogP contribution in [0.3, 0.4) is 0 Å². The molecule has 16 nitrogen and oxygen atoms in total. The van der Waals surface area contributed by atoms with Gasteiger partial charge in [0.15, 0.2) is 6.29 Å². The van der Waals surface area contributed by atoms with Crippen molar-refractivity contribution in [3.63, 3.8) is 0 Å². The summed E-state index contributed by atoms with van der Waals surface area (Å²) >= 11 is 0. The Bertz CT molecular complexity index is 2890. The summed E-state index contributed by atoms with van der Waals surface area (Å²) in [6, 6.07) is 31.7. The highest BCUT2D eigenvalue weighted by atomic mass is 16.5. The number of aryl methyl sites for hydroxylation is 1. The summed E-state index contributed by atoms with van der Waals surface area (Å²) in [7, 11) is 8.53. The predicted molar refractivity (Wildman–Crippen MR) is 312 cm³/mol. The minimum atomic E-state index is -0.816. The number of carbonyl (C=O) groups excluding carboxylic acids is 6. The van der Waals surface area contributed by atoms with Gasteiger partial charge in [0.05, 0.1) is 49.4 Å². The van der Waals surface area contributed by atoms with E-state index in [9.17, 15) is 24.0 Å². The van der Waals surface area contributed by atoms with Gasteiger partial charge < -0.3 is 52.8 Å². The fourth-order valence-electron chi connectivity index (χ4n) is 8.77. The summed E-state index contributed by atoms with van der Waals surface area (Å²) in [5.41, 5.74) is 16.1. The number of likely N-dealkylation sites (N-methyl/N-ethyl adjacent to an activating group) is 2. The summed E-state index contributed by atoms with van der Waals surface area (Å²) in [6.07, 6.45) is 11.8. The van der Waals surface area contributed by atoms with Gasteiger partial charge in [0.1, 0.15) is 17.5 Å². The van der Waals surface area contributed by atoms with Crippen LogP contribution >= 0.6 is 0 Å². The van der Waals surface area contributed by atoms with Gasteiger partial charge >= 0.3 is 0 Å². The molecule has 5 amide bonds. The van der Waals surface area contributed by atoms with E-state index in [1.54, 1.807) is 33.2 Å². The number of benzene rings is 5. The Labute approximate surface area is 460 Å². The number of hydrogen-bond acceptors (Lipinski definition) is 11. The Hall–Kier alpha value is -8.36. The molecule has 5 aromatic carbocycles. The highest BCUT2D eigenvalue weighted by Gasteiger charge is 2.35. The molecule has 10 N–H and O–H groups in total. The molecule has 0 bridgehead atoms. The highest BCUT2D eigenvalue weighted by Crippen LogP contribution is 2.33. The number of amides is 5. The first-order chi connectivity index (χ1) is 37.7. The van der Waals surface area contributed by atoms with E-state index >= 15 is 0 Å². The van der Waals surface area contributed by atoms with E-state index in [1.807, 2.05) is 125 Å². The molecule has 0 heterocycles. The number of allylic oxidation sites excluding steroid dienone is 3. The van der Waals surface area contributed by atoms with Gasteiger partial charge in [-0.1, -0.05) is 103 Å². The Balaban J connectivity index is 0.000000369. The number of hydrogen-bond donors (Lipinski definition) is 8. The van der Waals surface area contributed by atoms with Gasteiger partial charge in [-0.15, -0.1) is 25.0 Å². The second-order valence-corrected chi connectivity index (χ2v) is 18.0. The third-order valence-corrected chi connectivity index (χ3v) is 13.3. The Morgan fingerprint density at radius 2 is 1.36 bits per heavy atom. The van der Waals surface area contributed by atoms with Gasteiger partial charge in [-0.3, -0.25) is 28.8 Å². The fourth-order valence-corrected chi connectivity index (χ4v) is 8.77. The van der Waals surface area contributed by atoms with Crippen LogP contribution in [-0.4, -0.2) is 95.9 Å². The van der Waals surface area contributed by atoms with Crippen molar-refractivity contribution < 1.29 is 38.2 Å². The van der Waals surface area contributed by atoms with Gasteiger partial charge in [0, 0.05) is 24.9 Å². The third kappa shape index (κ3) is 18.7. The summed E-state index contributed by atoms with van der Waals surface area (Å²) < 4.78 is 10.2. The van der Waals surface area contributed by atoms with Crippen molar-refractivity contribution in [2.75, 3.05) is 35.4 Å². The Morgan fingerprint density at radius 1 is 0.744 bits per heavy atom. The molecule has 0 saturated heterocycles. The number of aldehydes is 1. The summed E-state index contributed by atoms with van der Waals surface area (Å²) in [5, 5.41) is 20.9. The lowest BCUT2D eigenvalue weighted by Crippen LogP contribution is -2.51. The minimum absolute atomic E-state index is 0.0663. The average molecular weight is 1060 g/mol. The van der Waals surface area contributed by atoms with E-state index < -0.39 is 23.9 Å². The zero-order valence-corrected chi connectivity index (χ0v) is 46.2. The fraction of sp³-hybridized carbons (Fsp3) is 0.323. The number of nitrogens with one attached hydrogen (secondary N) is 6. The highest BCUT2D eigenvalue weighted by molar-refractivity contribution is 5.96. The molecule has 0 saturated carbocycles. The van der Waals surface area contributed by atoms with Crippen molar-refractivity contribution in [3.05, 3.63) is 173 Å². The van der Waals surface area contributed by atoms with Crippen molar-refractivity contribution in [1.82, 2.24) is 31.9 Å². The number of rotatable bonds is 18. The standard InChI is InChI=1S/C34H46N6O3.C13H15NO2.C12H10O2.C2H4.CH3NO/c1-21(35-3)25(33(42)40-31-27-16-9-7-13-24(27)20-30(31)37-5)14-10-11-17-29(39-32(41)22(2)36-4)34(43)38-28-19-18-23-12-6-8-15-26(23)28;1-3-4-5-6-10-7-8-11(13(14)15)12(9-10)16-2;1-14-12-7-10-5-3-2-4-9(10)6-11(12)8-13;1-2;2-1-3/h6-9,12-13,15-16,21-22,25,28-31,35-37H,14,17-20H2,1-5H3,(H,38,43)(H,39,41)(H,40,42);3-9H,1-2H3,(H2,14,15);2-8H,1H3;1-2H2;1H,(H2,2,3)/b;4-3-,6-5-;;;/t21?,22?,25-,28?,29+,30+,31?;;;;/m1..../s1. The second-order valence-electron chi connectivity index (χ2n) is 18.0. The van der Waals surface area contributed by atoms with Crippen molar-refractivity contribution in [2.45, 2.75) is 89.1 Å². The monoisotopic (exact) mass is 1060 g/mol. The first-order valence-corrected chi connectivity index (χ1v) is 25.7. The topological polar surface area (TPSA) is 245 Å². The van der Waals surface area contributed by atoms with E-state index in [1.165, 1.54) is 18.2 Å². The molecule has 0 fully saturated rings. The van der Waals surface area contributed by atoms with E-state index in [-0.39, 0.29) is 54.7 Å². The van der Waals surface area contributed by atoms with Gasteiger partial charge in [-0.2, -0.15) is 0 Å². The van der Waals surface area contributed by atoms with Gasteiger partial charge in [0.2, 0.25) is 24.1 Å². The van der Waals surface area contributed by atoms with Crippen LogP contribution in [0, 0.1) is 17.8 Å². The number of nitrogens with two attached hydrogens (primary N) is 2. The molecular formula is C62H78N8O8. The van der Waals surface area contributed by atoms with Crippen LogP contribution in [0.1, 0.15) is 101 Å². The summed E-state index contributed by atoms with van der Waals surface area (Å²) in [6.45, 7) is 11.7. The van der Waals surface area contributed by atoms with Crippen molar-refractivity contribution in [1.29, 1.82) is 0 Å². The number of methoxy groups -OCH3 is 2. The van der Waals surface area contributed by atoms with Crippen LogP contribution < -0.4 is 52.8 Å². The smallest absolute Gasteiger partial charge is 0.252 e. The second kappa shape index (κ2) is 34.3. The largest absolute Gasteiger partial charge is 0.496 e. The first-order valence-electron chi connectivity index (χ1n) is 25.7. The zero-order valence-electron chi connectivity index (χ0n) is 46.2. The molecule has 78 heavy (non-hydrogen) atoms. The molecule has 4 unspecified atom stereocenters. The molecule has 7 rings (SSSR count). The van der Waals surface area contributed by atoms with E-state index in [2.05, 4.69) is 80.8 Å². The molecule has 414 valence electrons. The van der Waals surface area contributed by atoms with Crippen LogP contribution in [0.25, 0.3) is 16.8 Å². The van der Waals surface area contributed by atoms with Crippen LogP contribution in [0.15, 0.2) is 135 Å². The van der Waals surface area contributed by atoms with Gasteiger partial charge in [-0.05, 0) is 124 Å². The lowest BCUT2D eigenvalue weighted by Gasteiger charge is -2.26. The molecule has 0 aromatic heterocycles. The molecule has 5 aromatic rings. The molecular weight excluding hydrogens is 985 g/mol. The number of ether oxygens (including phenoxy) is 2. The van der Waals surface area contributed by atoms with Gasteiger partial charge in [-0.25, -0.2) is 0 Å². The lowest BCUT2D eigenvalue weighted by atomic mass is 9.95. The number of carbonyl (C=O) groups is 6. The molecule has 0 radical (unpaired) electrons. The predicted octanol–water partition coefficient (Wildman–Crippen LogP) is 6.84. The maximum Gasteiger partial charge on any atom is 0.252 e. The SMILES string of the molecule is C/C=C\C=C/c1ccc(C(N)=O)c(OC)c1.C=C.CNC(C)C(=O)N[C@@H](CC#CC[C@@H](C(=O)NC1c2ccccc2C[C@@H]1NC)C(C)NC)C(=O)NC1CCc2ccccc21.COc1cc2ccccc2cc1C=O.NC=O. The maximum atomic E-state index is 13.6. The molecule has 2 aliphatic carbocycles. The van der Waals surface area contributed by atoms with Crippen LogP contribution in [0.5, 0.6) is 11.5 Å². The Kier molecular flexibility index (Phi) is 28.1. The zero-order chi connectivity index (χ0) is 57.6. The Morgan fingerprint density at radius 3 is 1.96 bits per heavy atom. The minimum Gasteiger partial charge on any atom is -0.496 e. The van der Waals surface area contributed by atoms with E-state index in [0.717, 1.165) is 53.0 Å². The van der Waals surface area contributed by atoms with Crippen molar-refractivity contribution >= 4 is 53.2 Å². The van der Waals surface area contributed by atoms with Crippen LogP contribution in [0.2, 0.25) is 0 Å². The molecule has 0 aliphatic heterocycles. The first kappa shape index (κ1) is 63.9. The number of primary amides is 2. The maximum absolute atomic E-state index is 13.6. The molecule has 0 spiro atoms. The summed E-state index contributed by atoms with van der Waals surface area (Å²) in [5.74, 6) is 5.89. The molecule has 7 atom stereocenters. The normalized spacial score (nSPS) is 16.0. The van der Waals surface area contributed by atoms with Crippen molar-refractivity contribution in [2.24, 2.45) is 17.4 Å².